The summed E-state index contributed by atoms with van der Waals surface area (Å²) in [5.74, 6) is 3.06. The maximum Gasteiger partial charge on any atom is 0.256 e. The standard InChI is InChI=1S/2C27H53N2.H2O4S/c2*1-4-6-8-10-12-14-16-18-20-22-24-29-26-25-28(3)27(29)23-21-19-17-15-13-11-9-7-5-2;1-5(2,3)4/h2*25-26H,4-24H2,1-3H3;(H2,1,2,3,4)/q2*+1;/p-2. The minimum atomic E-state index is -5.17. The van der Waals surface area contributed by atoms with Crippen molar-refractivity contribution in [3.63, 3.8) is 0 Å². The lowest BCUT2D eigenvalue weighted by atomic mass is 10.1. The van der Waals surface area contributed by atoms with Crippen molar-refractivity contribution in [2.75, 3.05) is 0 Å². The Labute approximate surface area is 392 Å². The Bertz CT molecular complexity index is 1250. The van der Waals surface area contributed by atoms with E-state index >= 15 is 0 Å². The molecule has 0 aliphatic carbocycles. The fourth-order valence-corrected chi connectivity index (χ4v) is 8.88. The molecule has 2 aromatic heterocycles. The summed E-state index contributed by atoms with van der Waals surface area (Å²) in [6, 6.07) is 0. The molecule has 0 amide bonds. The van der Waals surface area contributed by atoms with Crippen molar-refractivity contribution in [1.29, 1.82) is 0 Å². The number of hydrogen-bond donors (Lipinski definition) is 0. The van der Waals surface area contributed by atoms with Gasteiger partial charge in [-0.1, -0.05) is 233 Å². The van der Waals surface area contributed by atoms with Crippen LogP contribution in [-0.4, -0.2) is 26.7 Å². The van der Waals surface area contributed by atoms with Crippen LogP contribution in [0.4, 0.5) is 0 Å². The van der Waals surface area contributed by atoms with Gasteiger partial charge in [-0.15, -0.1) is 0 Å². The van der Waals surface area contributed by atoms with Gasteiger partial charge in [0, 0.05) is 23.2 Å². The lowest BCUT2D eigenvalue weighted by molar-refractivity contribution is -0.704. The zero-order valence-corrected chi connectivity index (χ0v) is 43.7. The van der Waals surface area contributed by atoms with E-state index in [1.54, 1.807) is 0 Å². The van der Waals surface area contributed by atoms with Crippen LogP contribution in [0.2, 0.25) is 0 Å². The van der Waals surface area contributed by atoms with E-state index < -0.39 is 10.4 Å². The van der Waals surface area contributed by atoms with Crippen molar-refractivity contribution < 1.29 is 26.7 Å². The summed E-state index contributed by atoms with van der Waals surface area (Å²) in [5.41, 5.74) is 0. The molecule has 0 unspecified atom stereocenters. The van der Waals surface area contributed by atoms with Crippen molar-refractivity contribution in [1.82, 2.24) is 9.13 Å². The van der Waals surface area contributed by atoms with Gasteiger partial charge in [-0.3, -0.25) is 8.42 Å². The van der Waals surface area contributed by atoms with E-state index in [0.717, 1.165) is 0 Å². The molecule has 0 spiro atoms. The van der Waals surface area contributed by atoms with Crippen molar-refractivity contribution >= 4 is 10.4 Å². The normalized spacial score (nSPS) is 11.4. The van der Waals surface area contributed by atoms with Crippen LogP contribution >= 0.6 is 0 Å². The predicted molar refractivity (Wildman–Crippen MR) is 267 cm³/mol. The summed E-state index contributed by atoms with van der Waals surface area (Å²) in [6.07, 6.45) is 65.5. The monoisotopic (exact) mass is 907 g/mol. The molecule has 0 saturated carbocycles. The minimum Gasteiger partial charge on any atom is -0.759 e. The first-order valence-electron chi connectivity index (χ1n) is 27.3. The van der Waals surface area contributed by atoms with Crippen LogP contribution in [0, 0.1) is 0 Å². The van der Waals surface area contributed by atoms with E-state index in [1.165, 1.54) is 282 Å². The van der Waals surface area contributed by atoms with Gasteiger partial charge in [0.25, 0.3) is 11.6 Å². The molecular weight excluding hydrogens is 801 g/mol. The van der Waals surface area contributed by atoms with Gasteiger partial charge >= 0.3 is 0 Å². The topological polar surface area (TPSA) is 97.9 Å². The molecule has 0 atom stereocenters. The van der Waals surface area contributed by atoms with E-state index in [4.69, 9.17) is 17.5 Å². The van der Waals surface area contributed by atoms with Gasteiger partial charge in [0.05, 0.1) is 27.2 Å². The van der Waals surface area contributed by atoms with Crippen LogP contribution in [0.15, 0.2) is 24.8 Å². The van der Waals surface area contributed by atoms with Crippen molar-refractivity contribution in [2.24, 2.45) is 14.1 Å². The van der Waals surface area contributed by atoms with Crippen LogP contribution in [0.1, 0.15) is 283 Å². The summed E-state index contributed by atoms with van der Waals surface area (Å²) >= 11 is 0. The third-order valence-electron chi connectivity index (χ3n) is 12.9. The number of unbranched alkanes of at least 4 members (excludes halogenated alkanes) is 34. The van der Waals surface area contributed by atoms with E-state index in [1.807, 2.05) is 0 Å². The summed E-state index contributed by atoms with van der Waals surface area (Å²) in [7, 11) is -0.726. The highest BCUT2D eigenvalue weighted by atomic mass is 32.3. The predicted octanol–water partition coefficient (Wildman–Crippen LogP) is 15.3. The molecule has 0 fully saturated rings. The molecule has 63 heavy (non-hydrogen) atoms. The summed E-state index contributed by atoms with van der Waals surface area (Å²) in [4.78, 5) is 0. The van der Waals surface area contributed by atoms with Crippen molar-refractivity contribution in [2.45, 2.75) is 298 Å². The first-order valence-corrected chi connectivity index (χ1v) is 28.7. The Morgan fingerprint density at radius 2 is 0.556 bits per heavy atom. The van der Waals surface area contributed by atoms with E-state index in [9.17, 15) is 0 Å². The van der Waals surface area contributed by atoms with Crippen LogP contribution in [0.25, 0.3) is 0 Å². The average molecular weight is 908 g/mol. The Balaban J connectivity index is 0.00000110. The van der Waals surface area contributed by atoms with Gasteiger partial charge < -0.3 is 9.11 Å². The molecule has 8 nitrogen and oxygen atoms in total. The zero-order chi connectivity index (χ0) is 46.5. The maximum atomic E-state index is 8.52. The van der Waals surface area contributed by atoms with Crippen LogP contribution in [0.5, 0.6) is 0 Å². The highest BCUT2D eigenvalue weighted by Gasteiger charge is 2.15. The smallest absolute Gasteiger partial charge is 0.256 e. The average Bonchev–Trinajstić information content (AvgIpc) is 3.79. The van der Waals surface area contributed by atoms with Crippen LogP contribution in [0.3, 0.4) is 0 Å². The molecule has 0 saturated heterocycles. The molecule has 0 aliphatic rings. The summed E-state index contributed by atoms with van der Waals surface area (Å²) < 4.78 is 43.8. The molecule has 0 N–H and O–H groups in total. The Hall–Kier alpha value is -1.71. The maximum absolute atomic E-state index is 8.52. The van der Waals surface area contributed by atoms with Gasteiger partial charge in [-0.05, 0) is 38.5 Å². The number of nitrogens with zero attached hydrogens (tertiary/aromatic N) is 4. The van der Waals surface area contributed by atoms with Gasteiger partial charge in [-0.25, -0.2) is 18.3 Å². The fraction of sp³-hybridized carbons (Fsp3) is 0.889. The van der Waals surface area contributed by atoms with Crippen LogP contribution in [-0.2, 0) is 50.4 Å². The molecule has 0 aliphatic heterocycles. The molecule has 2 heterocycles. The third-order valence-corrected chi connectivity index (χ3v) is 12.9. The molecule has 2 rings (SSSR count). The van der Waals surface area contributed by atoms with Crippen molar-refractivity contribution in [3.05, 3.63) is 36.4 Å². The molecule has 9 heteroatoms. The highest BCUT2D eigenvalue weighted by Crippen LogP contribution is 2.15. The van der Waals surface area contributed by atoms with E-state index in [0.29, 0.717) is 0 Å². The Kier molecular flexibility index (Phi) is 44.2. The Morgan fingerprint density at radius 3 is 0.778 bits per heavy atom. The van der Waals surface area contributed by atoms with Gasteiger partial charge in [0.2, 0.25) is 0 Å². The number of imidazole rings is 2. The van der Waals surface area contributed by atoms with Crippen molar-refractivity contribution in [3.8, 4) is 0 Å². The van der Waals surface area contributed by atoms with Crippen LogP contribution < -0.4 is 9.13 Å². The third kappa shape index (κ3) is 41.5. The minimum absolute atomic E-state index is 1.21. The number of aryl methyl sites for hydroxylation is 4. The van der Waals surface area contributed by atoms with Gasteiger partial charge in [0.15, 0.2) is 0 Å². The molecule has 0 bridgehead atoms. The second-order valence-corrected chi connectivity index (χ2v) is 19.8. The number of aromatic nitrogens is 4. The fourth-order valence-electron chi connectivity index (χ4n) is 8.88. The molecule has 372 valence electrons. The highest BCUT2D eigenvalue weighted by molar-refractivity contribution is 7.79. The summed E-state index contributed by atoms with van der Waals surface area (Å²) in [6.45, 7) is 11.6. The SMILES string of the molecule is CCCCCCCCCCCC[n+]1ccn(C)c1CCCCCCCCCCC.CCCCCCCCCCCC[n+]1ccn(C)c1CCCCCCCCCCC.O=S(=O)([O-])[O-]. The number of hydrogen-bond acceptors (Lipinski definition) is 4. The second kappa shape index (κ2) is 45.4. The lowest BCUT2D eigenvalue weighted by Gasteiger charge is -2.06. The Morgan fingerprint density at radius 1 is 0.365 bits per heavy atom. The van der Waals surface area contributed by atoms with E-state index in [-0.39, 0.29) is 0 Å². The molecule has 2 aromatic rings. The van der Waals surface area contributed by atoms with E-state index in [2.05, 4.69) is 84.8 Å². The van der Waals surface area contributed by atoms with Gasteiger partial charge in [-0.2, -0.15) is 0 Å². The number of rotatable bonds is 42. The second-order valence-electron chi connectivity index (χ2n) is 19.0. The largest absolute Gasteiger partial charge is 0.759 e. The quantitative estimate of drug-likeness (QED) is 0.0287. The lowest BCUT2D eigenvalue weighted by Crippen LogP contribution is -2.37. The first-order chi connectivity index (χ1) is 30.6. The molecular formula is C54H106N4O4S. The first kappa shape index (κ1) is 61.3. The summed E-state index contributed by atoms with van der Waals surface area (Å²) in [5, 5.41) is 0. The molecule has 0 aromatic carbocycles. The van der Waals surface area contributed by atoms with Gasteiger partial charge in [0.1, 0.15) is 24.8 Å². The molecule has 0 radical (unpaired) electrons. The zero-order valence-electron chi connectivity index (χ0n) is 42.8.